The van der Waals surface area contributed by atoms with Crippen LogP contribution in [0.2, 0.25) is 0 Å². The molecular formula is C23H29F2N5O3S. The molecule has 0 bridgehead atoms. The Morgan fingerprint density at radius 1 is 1.18 bits per heavy atom. The number of thioether (sulfide) groups is 1. The maximum absolute atomic E-state index is 13.6. The third-order valence-electron chi connectivity index (χ3n) is 5.13. The Labute approximate surface area is 202 Å². The van der Waals surface area contributed by atoms with Gasteiger partial charge in [0.1, 0.15) is 18.2 Å². The van der Waals surface area contributed by atoms with Crippen molar-refractivity contribution in [3.05, 3.63) is 47.8 Å². The van der Waals surface area contributed by atoms with E-state index in [-0.39, 0.29) is 18.3 Å². The van der Waals surface area contributed by atoms with Crippen LogP contribution in [0.4, 0.5) is 19.4 Å². The van der Waals surface area contributed by atoms with Gasteiger partial charge in [-0.25, -0.2) is 23.5 Å². The van der Waals surface area contributed by atoms with Gasteiger partial charge in [0.2, 0.25) is 5.88 Å². The fourth-order valence-corrected chi connectivity index (χ4v) is 3.81. The number of nitrogens with zero attached hydrogens (tertiary/aromatic N) is 4. The third kappa shape index (κ3) is 7.28. The summed E-state index contributed by atoms with van der Waals surface area (Å²) in [6.07, 6.45) is 4.05. The minimum Gasteiger partial charge on any atom is -0.474 e. The molecule has 0 saturated carbocycles. The Hall–Kier alpha value is -2.95. The molecule has 0 radical (unpaired) electrons. The van der Waals surface area contributed by atoms with Crippen LogP contribution in [0.3, 0.4) is 0 Å². The normalized spacial score (nSPS) is 15.9. The Balaban J connectivity index is 1.58. The van der Waals surface area contributed by atoms with Crippen LogP contribution in [0.15, 0.2) is 35.6 Å². The highest BCUT2D eigenvalue weighted by atomic mass is 32.2. The number of halogens is 2. The van der Waals surface area contributed by atoms with Gasteiger partial charge in [0.15, 0.2) is 16.8 Å². The van der Waals surface area contributed by atoms with Gasteiger partial charge in [-0.3, -0.25) is 4.99 Å². The van der Waals surface area contributed by atoms with E-state index in [4.69, 9.17) is 9.47 Å². The van der Waals surface area contributed by atoms with Crippen molar-refractivity contribution in [2.75, 3.05) is 24.7 Å². The van der Waals surface area contributed by atoms with Gasteiger partial charge in [-0.2, -0.15) is 0 Å². The molecule has 34 heavy (non-hydrogen) atoms. The molecule has 184 valence electrons. The first-order chi connectivity index (χ1) is 16.2. The molecule has 2 aromatic rings. The summed E-state index contributed by atoms with van der Waals surface area (Å²) in [6.45, 7) is 6.55. The topological polar surface area (TPSA) is 88.9 Å². The summed E-state index contributed by atoms with van der Waals surface area (Å²) in [7, 11) is 0. The lowest BCUT2D eigenvalue weighted by Crippen LogP contribution is -2.42. The summed E-state index contributed by atoms with van der Waals surface area (Å²) in [6, 6.07) is 5.03. The number of amidine groups is 1. The molecule has 2 heterocycles. The van der Waals surface area contributed by atoms with Gasteiger partial charge in [-0.05, 0) is 44.7 Å². The molecule has 1 N–H and O–H groups in total. The van der Waals surface area contributed by atoms with Crippen molar-refractivity contribution in [1.29, 1.82) is 0 Å². The Bertz CT molecular complexity index is 1020. The van der Waals surface area contributed by atoms with E-state index in [0.29, 0.717) is 48.4 Å². The number of hydrogen-bond donors (Lipinski definition) is 1. The largest absolute Gasteiger partial charge is 0.474 e. The van der Waals surface area contributed by atoms with Crippen molar-refractivity contribution < 1.29 is 23.0 Å². The van der Waals surface area contributed by atoms with Crippen LogP contribution in [-0.4, -0.2) is 57.7 Å². The molecular weight excluding hydrogens is 464 g/mol. The van der Waals surface area contributed by atoms with E-state index in [1.165, 1.54) is 24.2 Å². The molecule has 1 aromatic heterocycles. The zero-order valence-electron chi connectivity index (χ0n) is 19.6. The summed E-state index contributed by atoms with van der Waals surface area (Å²) < 4.78 is 38.0. The molecule has 1 aliphatic heterocycles. The van der Waals surface area contributed by atoms with E-state index in [2.05, 4.69) is 20.3 Å². The van der Waals surface area contributed by atoms with Crippen molar-refractivity contribution in [2.24, 2.45) is 4.99 Å². The van der Waals surface area contributed by atoms with Crippen LogP contribution >= 0.6 is 11.8 Å². The van der Waals surface area contributed by atoms with Crippen molar-refractivity contribution in [3.63, 3.8) is 0 Å². The minimum absolute atomic E-state index is 0.0760. The highest BCUT2D eigenvalue weighted by molar-refractivity contribution is 8.13. The standard InChI is InChI=1S/C23H29F2N5O3S/c1-14(2)32-23(31)30-9-7-17(8-10-30)33-21-12-20(26-13-27-21)29-22(34-4)28-15(3)16-5-6-18(24)19(25)11-16/h5-6,11-15,17H,7-10H2,1-4H3,(H,26,27,28,29). The van der Waals surface area contributed by atoms with Crippen molar-refractivity contribution in [2.45, 2.75) is 51.9 Å². The zero-order chi connectivity index (χ0) is 24.7. The zero-order valence-corrected chi connectivity index (χ0v) is 20.4. The second-order valence-corrected chi connectivity index (χ2v) is 8.89. The average molecular weight is 494 g/mol. The lowest BCUT2D eigenvalue weighted by atomic mass is 10.1. The molecule has 8 nitrogen and oxygen atoms in total. The number of aliphatic imine (C=N–C) groups is 1. The minimum atomic E-state index is -0.904. The van der Waals surface area contributed by atoms with Crippen LogP contribution in [0.25, 0.3) is 0 Å². The van der Waals surface area contributed by atoms with Crippen LogP contribution in [0.5, 0.6) is 5.88 Å². The van der Waals surface area contributed by atoms with Crippen LogP contribution in [-0.2, 0) is 4.74 Å². The quantitative estimate of drug-likeness (QED) is 0.446. The lowest BCUT2D eigenvalue weighted by Gasteiger charge is -2.31. The summed E-state index contributed by atoms with van der Waals surface area (Å²) in [5, 5.41) is 3.67. The van der Waals surface area contributed by atoms with Gasteiger partial charge in [-0.15, -0.1) is 0 Å². The molecule has 1 aliphatic rings. The van der Waals surface area contributed by atoms with Gasteiger partial charge in [0.05, 0.1) is 12.1 Å². The highest BCUT2D eigenvalue weighted by Crippen LogP contribution is 2.23. The van der Waals surface area contributed by atoms with E-state index < -0.39 is 17.7 Å². The van der Waals surface area contributed by atoms with Crippen molar-refractivity contribution >= 4 is 28.8 Å². The molecule has 1 fully saturated rings. The first kappa shape index (κ1) is 25.7. The first-order valence-electron chi connectivity index (χ1n) is 11.0. The molecule has 0 spiro atoms. The summed E-state index contributed by atoms with van der Waals surface area (Å²) in [4.78, 5) is 26.7. The maximum Gasteiger partial charge on any atom is 0.410 e. The monoisotopic (exact) mass is 493 g/mol. The van der Waals surface area contributed by atoms with Crippen molar-refractivity contribution in [1.82, 2.24) is 14.9 Å². The van der Waals surface area contributed by atoms with Gasteiger partial charge in [0.25, 0.3) is 0 Å². The van der Waals surface area contributed by atoms with E-state index in [1.54, 1.807) is 17.9 Å². The number of likely N-dealkylation sites (tertiary alicyclic amines) is 1. The van der Waals surface area contributed by atoms with Gasteiger partial charge in [0, 0.05) is 32.0 Å². The number of benzene rings is 1. The molecule has 1 saturated heterocycles. The van der Waals surface area contributed by atoms with Gasteiger partial charge in [-0.1, -0.05) is 17.8 Å². The molecule has 3 rings (SSSR count). The van der Waals surface area contributed by atoms with E-state index >= 15 is 0 Å². The lowest BCUT2D eigenvalue weighted by molar-refractivity contribution is 0.0507. The van der Waals surface area contributed by atoms with Crippen molar-refractivity contribution in [3.8, 4) is 5.88 Å². The number of aromatic nitrogens is 2. The summed E-state index contributed by atoms with van der Waals surface area (Å²) in [5.41, 5.74) is 0.558. The smallest absolute Gasteiger partial charge is 0.410 e. The number of carbonyl (C=O) groups is 1. The second-order valence-electron chi connectivity index (χ2n) is 8.09. The number of anilines is 1. The third-order valence-corrected chi connectivity index (χ3v) is 5.73. The second kappa shape index (κ2) is 12.0. The number of ether oxygens (including phenoxy) is 2. The Morgan fingerprint density at radius 2 is 1.91 bits per heavy atom. The summed E-state index contributed by atoms with van der Waals surface area (Å²) >= 11 is 1.36. The molecule has 11 heteroatoms. The Kier molecular flexibility index (Phi) is 9.03. The fourth-order valence-electron chi connectivity index (χ4n) is 3.34. The molecule has 0 aliphatic carbocycles. The van der Waals surface area contributed by atoms with E-state index in [9.17, 15) is 13.6 Å². The highest BCUT2D eigenvalue weighted by Gasteiger charge is 2.25. The molecule has 1 amide bonds. The van der Waals surface area contributed by atoms with Crippen LogP contribution in [0.1, 0.15) is 45.2 Å². The molecule has 1 unspecified atom stereocenters. The Morgan fingerprint density at radius 3 is 2.56 bits per heavy atom. The van der Waals surface area contributed by atoms with Gasteiger partial charge >= 0.3 is 6.09 Å². The molecule has 1 atom stereocenters. The maximum atomic E-state index is 13.6. The SMILES string of the molecule is CSC(=NC(C)c1ccc(F)c(F)c1)Nc1cc(OC2CCN(C(=O)OC(C)C)CC2)ncn1. The van der Waals surface area contributed by atoms with Crippen LogP contribution < -0.4 is 10.1 Å². The summed E-state index contributed by atoms with van der Waals surface area (Å²) in [5.74, 6) is -0.889. The van der Waals surface area contributed by atoms with E-state index in [1.807, 2.05) is 20.1 Å². The van der Waals surface area contributed by atoms with Crippen LogP contribution in [0, 0.1) is 11.6 Å². The first-order valence-corrected chi connectivity index (χ1v) is 12.3. The predicted octanol–water partition coefficient (Wildman–Crippen LogP) is 5.04. The average Bonchev–Trinajstić information content (AvgIpc) is 2.80. The number of nitrogens with one attached hydrogen (secondary N) is 1. The molecule has 1 aromatic carbocycles. The number of hydrogen-bond acceptors (Lipinski definition) is 7. The van der Waals surface area contributed by atoms with Gasteiger partial charge < -0.3 is 19.7 Å². The number of amides is 1. The number of carbonyl (C=O) groups excluding carboxylic acids is 1. The fraction of sp³-hybridized carbons (Fsp3) is 0.478. The van der Waals surface area contributed by atoms with E-state index in [0.717, 1.165) is 12.1 Å². The number of piperidine rings is 1. The predicted molar refractivity (Wildman–Crippen MR) is 128 cm³/mol. The number of rotatable bonds is 6.